The van der Waals surface area contributed by atoms with Gasteiger partial charge in [-0.25, -0.2) is 0 Å². The lowest BCUT2D eigenvalue weighted by atomic mass is 9.76. The largest absolute Gasteiger partial charge is 0.493 e. The van der Waals surface area contributed by atoms with E-state index in [4.69, 9.17) is 9.47 Å². The van der Waals surface area contributed by atoms with Crippen molar-refractivity contribution in [2.75, 3.05) is 19.5 Å². The van der Waals surface area contributed by atoms with Crippen LogP contribution in [-0.2, 0) is 4.79 Å². The normalized spacial score (nSPS) is 19.0. The molecule has 1 atom stereocenters. The number of carbonyl (C=O) groups is 1. The number of ketones is 1. The first-order valence-electron chi connectivity index (χ1n) is 8.42. The molecule has 2 aliphatic rings. The summed E-state index contributed by atoms with van der Waals surface area (Å²) in [7, 11) is 3.25. The summed E-state index contributed by atoms with van der Waals surface area (Å²) >= 11 is 0. The van der Waals surface area contributed by atoms with Crippen molar-refractivity contribution in [3.8, 4) is 11.5 Å². The van der Waals surface area contributed by atoms with Crippen LogP contribution in [0.15, 0.2) is 47.9 Å². The van der Waals surface area contributed by atoms with E-state index in [0.29, 0.717) is 17.9 Å². The Hall–Kier alpha value is -2.82. The molecule has 4 rings (SSSR count). The van der Waals surface area contributed by atoms with Crippen LogP contribution in [-0.4, -0.2) is 25.0 Å². The van der Waals surface area contributed by atoms with Crippen molar-refractivity contribution in [3.05, 3.63) is 59.1 Å². The highest BCUT2D eigenvalue weighted by Gasteiger charge is 2.36. The van der Waals surface area contributed by atoms with Gasteiger partial charge in [0.25, 0.3) is 0 Å². The van der Waals surface area contributed by atoms with E-state index in [0.717, 1.165) is 40.9 Å². The highest BCUT2D eigenvalue weighted by molar-refractivity contribution is 6.01. The fourth-order valence-corrected chi connectivity index (χ4v) is 3.78. The van der Waals surface area contributed by atoms with E-state index >= 15 is 0 Å². The summed E-state index contributed by atoms with van der Waals surface area (Å²) in [5.74, 6) is 1.41. The summed E-state index contributed by atoms with van der Waals surface area (Å²) in [5, 5.41) is 3.46. The number of anilines is 1. The maximum atomic E-state index is 12.7. The van der Waals surface area contributed by atoms with Gasteiger partial charge in [0.05, 0.1) is 14.2 Å². The van der Waals surface area contributed by atoms with Crippen LogP contribution in [0.4, 0.5) is 5.69 Å². The molecule has 25 heavy (non-hydrogen) atoms. The van der Waals surface area contributed by atoms with Crippen molar-refractivity contribution >= 4 is 11.5 Å². The van der Waals surface area contributed by atoms with Gasteiger partial charge in [-0.2, -0.15) is 0 Å². The number of carbonyl (C=O) groups excluding carboxylic acids is 1. The zero-order valence-corrected chi connectivity index (χ0v) is 14.3. The van der Waals surface area contributed by atoms with Crippen molar-refractivity contribution in [2.24, 2.45) is 0 Å². The standard InChI is InChI=1S/C20H20N2O3/c1-24-17-9-13-15(10-18(17)25-2)22-14-6-3-7-16(23)20(14)19(13)12-5-4-8-21-11-12/h4-5,8-11,19,22H,3,6-7H2,1-2H3. The van der Waals surface area contributed by atoms with Gasteiger partial charge in [-0.3, -0.25) is 9.78 Å². The number of nitrogens with one attached hydrogen (secondary N) is 1. The Labute approximate surface area is 146 Å². The van der Waals surface area contributed by atoms with Gasteiger partial charge in [0, 0.05) is 47.8 Å². The number of fused-ring (bicyclic) bond motifs is 1. The fraction of sp³-hybridized carbons (Fsp3) is 0.300. The number of ether oxygens (including phenoxy) is 2. The second-order valence-corrected chi connectivity index (χ2v) is 6.31. The molecule has 0 saturated heterocycles. The summed E-state index contributed by atoms with van der Waals surface area (Å²) in [6, 6.07) is 7.84. The first kappa shape index (κ1) is 15.7. The first-order valence-corrected chi connectivity index (χ1v) is 8.42. The molecular formula is C20H20N2O3. The van der Waals surface area contributed by atoms with Crippen molar-refractivity contribution < 1.29 is 14.3 Å². The molecule has 0 amide bonds. The smallest absolute Gasteiger partial charge is 0.162 e. The Kier molecular flexibility index (Phi) is 3.92. The minimum atomic E-state index is -0.132. The Morgan fingerprint density at radius 1 is 1.16 bits per heavy atom. The molecule has 2 heterocycles. The van der Waals surface area contributed by atoms with Gasteiger partial charge in [-0.05, 0) is 36.1 Å². The Bertz CT molecular complexity index is 859. The van der Waals surface area contributed by atoms with E-state index in [1.165, 1.54) is 0 Å². The van der Waals surface area contributed by atoms with Gasteiger partial charge < -0.3 is 14.8 Å². The summed E-state index contributed by atoms with van der Waals surface area (Å²) in [4.78, 5) is 17.0. The maximum absolute atomic E-state index is 12.7. The second kappa shape index (κ2) is 6.24. The van der Waals surface area contributed by atoms with E-state index in [1.54, 1.807) is 20.4 Å². The van der Waals surface area contributed by atoms with Crippen LogP contribution < -0.4 is 14.8 Å². The molecule has 1 aliphatic heterocycles. The number of hydrogen-bond donors (Lipinski definition) is 1. The summed E-state index contributed by atoms with van der Waals surface area (Å²) in [5.41, 5.74) is 4.86. The van der Waals surface area contributed by atoms with E-state index in [9.17, 15) is 4.79 Å². The number of pyridine rings is 1. The maximum Gasteiger partial charge on any atom is 0.162 e. The molecule has 0 spiro atoms. The van der Waals surface area contributed by atoms with Gasteiger partial charge in [-0.15, -0.1) is 0 Å². The molecule has 1 aromatic carbocycles. The second-order valence-electron chi connectivity index (χ2n) is 6.31. The molecule has 0 saturated carbocycles. The monoisotopic (exact) mass is 336 g/mol. The van der Waals surface area contributed by atoms with Crippen LogP contribution in [0.1, 0.15) is 36.3 Å². The van der Waals surface area contributed by atoms with Crippen molar-refractivity contribution in [3.63, 3.8) is 0 Å². The fourth-order valence-electron chi connectivity index (χ4n) is 3.78. The Morgan fingerprint density at radius 3 is 2.68 bits per heavy atom. The predicted molar refractivity (Wildman–Crippen MR) is 95.1 cm³/mol. The minimum Gasteiger partial charge on any atom is -0.493 e. The molecule has 1 unspecified atom stereocenters. The van der Waals surface area contributed by atoms with Gasteiger partial charge in [-0.1, -0.05) is 6.07 Å². The number of benzene rings is 1. The highest BCUT2D eigenvalue weighted by atomic mass is 16.5. The Balaban J connectivity index is 1.95. The lowest BCUT2D eigenvalue weighted by molar-refractivity contribution is -0.116. The van der Waals surface area contributed by atoms with Crippen LogP contribution in [0, 0.1) is 0 Å². The molecule has 0 radical (unpaired) electrons. The van der Waals surface area contributed by atoms with Crippen molar-refractivity contribution in [1.29, 1.82) is 0 Å². The van der Waals surface area contributed by atoms with E-state index in [1.807, 2.05) is 30.5 Å². The molecule has 1 aromatic heterocycles. The lowest BCUT2D eigenvalue weighted by Crippen LogP contribution is -2.27. The number of aromatic nitrogens is 1. The third-order valence-electron chi connectivity index (χ3n) is 4.91. The zero-order valence-electron chi connectivity index (χ0n) is 14.3. The van der Waals surface area contributed by atoms with E-state index in [2.05, 4.69) is 10.3 Å². The average molecular weight is 336 g/mol. The van der Waals surface area contributed by atoms with Gasteiger partial charge in [0.2, 0.25) is 0 Å². The van der Waals surface area contributed by atoms with E-state index in [-0.39, 0.29) is 11.7 Å². The molecule has 5 heteroatoms. The molecule has 128 valence electrons. The molecular weight excluding hydrogens is 316 g/mol. The van der Waals surface area contributed by atoms with E-state index < -0.39 is 0 Å². The number of allylic oxidation sites excluding steroid dienone is 2. The third kappa shape index (κ3) is 2.56. The number of methoxy groups -OCH3 is 2. The minimum absolute atomic E-state index is 0.132. The van der Waals surface area contributed by atoms with Crippen LogP contribution in [0.3, 0.4) is 0 Å². The molecule has 0 bridgehead atoms. The quantitative estimate of drug-likeness (QED) is 0.927. The number of hydrogen-bond acceptors (Lipinski definition) is 5. The summed E-state index contributed by atoms with van der Waals surface area (Å²) in [6.45, 7) is 0. The predicted octanol–water partition coefficient (Wildman–Crippen LogP) is 3.66. The number of rotatable bonds is 3. The molecule has 0 fully saturated rings. The van der Waals surface area contributed by atoms with Crippen LogP contribution in [0.25, 0.3) is 0 Å². The van der Waals surface area contributed by atoms with Gasteiger partial charge in [0.1, 0.15) is 0 Å². The first-order chi connectivity index (χ1) is 12.2. The topological polar surface area (TPSA) is 60.5 Å². The van der Waals surface area contributed by atoms with Crippen LogP contribution in [0.2, 0.25) is 0 Å². The van der Waals surface area contributed by atoms with Crippen LogP contribution in [0.5, 0.6) is 11.5 Å². The third-order valence-corrected chi connectivity index (χ3v) is 4.91. The zero-order chi connectivity index (χ0) is 17.4. The molecule has 2 aromatic rings. The molecule has 1 N–H and O–H groups in total. The average Bonchev–Trinajstić information content (AvgIpc) is 2.66. The number of Topliss-reactive ketones (excluding diaryl/α,β-unsaturated/α-hetero) is 1. The summed E-state index contributed by atoms with van der Waals surface area (Å²) in [6.07, 6.45) is 5.94. The highest BCUT2D eigenvalue weighted by Crippen LogP contribution is 2.48. The molecule has 5 nitrogen and oxygen atoms in total. The Morgan fingerprint density at radius 2 is 1.96 bits per heavy atom. The summed E-state index contributed by atoms with van der Waals surface area (Å²) < 4.78 is 10.9. The van der Waals surface area contributed by atoms with Gasteiger partial charge in [0.15, 0.2) is 17.3 Å². The van der Waals surface area contributed by atoms with Crippen molar-refractivity contribution in [2.45, 2.75) is 25.2 Å². The van der Waals surface area contributed by atoms with Crippen LogP contribution >= 0.6 is 0 Å². The molecule has 1 aliphatic carbocycles. The van der Waals surface area contributed by atoms with Gasteiger partial charge >= 0.3 is 0 Å². The lowest BCUT2D eigenvalue weighted by Gasteiger charge is -2.34. The number of nitrogens with zero attached hydrogens (tertiary/aromatic N) is 1. The van der Waals surface area contributed by atoms with Crippen molar-refractivity contribution in [1.82, 2.24) is 4.98 Å². The SMILES string of the molecule is COc1cc2c(cc1OC)C(c1cccnc1)C1=C(CCCC1=O)N2.